The molecule has 1 aliphatic heterocycles. The molecule has 6 heteroatoms. The fourth-order valence-electron chi connectivity index (χ4n) is 2.71. The SMILES string of the molecule is COc1cccc(-c2nnsc2C(=O)N2CCCCCC2)c1. The number of nitrogens with zero attached hydrogens (tertiary/aromatic N) is 3. The summed E-state index contributed by atoms with van der Waals surface area (Å²) in [7, 11) is 1.63. The number of aromatic nitrogens is 2. The number of ether oxygens (including phenoxy) is 1. The molecule has 1 saturated heterocycles. The first-order valence-corrected chi connectivity index (χ1v) is 8.33. The molecule has 0 spiro atoms. The van der Waals surface area contributed by atoms with E-state index in [-0.39, 0.29) is 5.91 Å². The first-order chi connectivity index (χ1) is 10.8. The van der Waals surface area contributed by atoms with Gasteiger partial charge in [-0.2, -0.15) is 0 Å². The molecule has 0 saturated carbocycles. The van der Waals surface area contributed by atoms with Crippen molar-refractivity contribution in [1.82, 2.24) is 14.5 Å². The smallest absolute Gasteiger partial charge is 0.267 e. The highest BCUT2D eigenvalue weighted by Crippen LogP contribution is 2.28. The van der Waals surface area contributed by atoms with Crippen molar-refractivity contribution in [1.29, 1.82) is 0 Å². The van der Waals surface area contributed by atoms with Gasteiger partial charge in [-0.1, -0.05) is 29.5 Å². The summed E-state index contributed by atoms with van der Waals surface area (Å²) in [5.74, 6) is 0.799. The first kappa shape index (κ1) is 15.0. The zero-order chi connectivity index (χ0) is 15.4. The van der Waals surface area contributed by atoms with Crippen LogP contribution in [0, 0.1) is 0 Å². The number of rotatable bonds is 3. The third-order valence-corrected chi connectivity index (χ3v) is 4.63. The van der Waals surface area contributed by atoms with Gasteiger partial charge in [0.2, 0.25) is 0 Å². The number of hydrogen-bond donors (Lipinski definition) is 0. The Kier molecular flexibility index (Phi) is 4.68. The zero-order valence-electron chi connectivity index (χ0n) is 12.6. The van der Waals surface area contributed by atoms with E-state index in [4.69, 9.17) is 4.74 Å². The predicted molar refractivity (Wildman–Crippen MR) is 86.3 cm³/mol. The maximum absolute atomic E-state index is 12.8. The summed E-state index contributed by atoms with van der Waals surface area (Å²) >= 11 is 1.17. The topological polar surface area (TPSA) is 55.3 Å². The molecule has 0 N–H and O–H groups in total. The van der Waals surface area contributed by atoms with E-state index >= 15 is 0 Å². The van der Waals surface area contributed by atoms with Gasteiger partial charge in [0.25, 0.3) is 5.91 Å². The van der Waals surface area contributed by atoms with Gasteiger partial charge in [0.1, 0.15) is 16.3 Å². The first-order valence-electron chi connectivity index (χ1n) is 7.55. The van der Waals surface area contributed by atoms with Gasteiger partial charge < -0.3 is 9.64 Å². The largest absolute Gasteiger partial charge is 0.497 e. The number of hydrogen-bond acceptors (Lipinski definition) is 5. The fourth-order valence-corrected chi connectivity index (χ4v) is 3.36. The lowest BCUT2D eigenvalue weighted by Crippen LogP contribution is -2.31. The molecule has 2 heterocycles. The lowest BCUT2D eigenvalue weighted by Gasteiger charge is -2.19. The van der Waals surface area contributed by atoms with E-state index in [2.05, 4.69) is 9.59 Å². The molecule has 1 aromatic carbocycles. The number of likely N-dealkylation sites (tertiary alicyclic amines) is 1. The minimum absolute atomic E-state index is 0.0507. The molecule has 1 aliphatic rings. The monoisotopic (exact) mass is 317 g/mol. The van der Waals surface area contributed by atoms with Gasteiger partial charge in [-0.05, 0) is 36.5 Å². The van der Waals surface area contributed by atoms with Crippen molar-refractivity contribution in [2.75, 3.05) is 20.2 Å². The third-order valence-electron chi connectivity index (χ3n) is 3.92. The van der Waals surface area contributed by atoms with Crippen LogP contribution in [0.1, 0.15) is 35.4 Å². The Labute approximate surface area is 134 Å². The van der Waals surface area contributed by atoms with Crippen LogP contribution >= 0.6 is 11.5 Å². The lowest BCUT2D eigenvalue weighted by atomic mass is 10.1. The molecule has 1 fully saturated rings. The molecule has 2 aromatic rings. The Hall–Kier alpha value is -1.95. The van der Waals surface area contributed by atoms with E-state index in [0.29, 0.717) is 10.6 Å². The van der Waals surface area contributed by atoms with E-state index in [1.54, 1.807) is 7.11 Å². The molecule has 22 heavy (non-hydrogen) atoms. The molecular weight excluding hydrogens is 298 g/mol. The zero-order valence-corrected chi connectivity index (χ0v) is 13.4. The van der Waals surface area contributed by atoms with Crippen molar-refractivity contribution in [3.63, 3.8) is 0 Å². The average Bonchev–Trinajstić information content (AvgIpc) is 2.89. The highest BCUT2D eigenvalue weighted by molar-refractivity contribution is 7.08. The second kappa shape index (κ2) is 6.87. The normalized spacial score (nSPS) is 15.4. The Morgan fingerprint density at radius 2 is 2.00 bits per heavy atom. The summed E-state index contributed by atoms with van der Waals surface area (Å²) in [6.45, 7) is 1.66. The van der Waals surface area contributed by atoms with E-state index in [0.717, 1.165) is 37.2 Å². The van der Waals surface area contributed by atoms with Crippen LogP contribution in [0.5, 0.6) is 5.75 Å². The molecule has 0 unspecified atom stereocenters. The van der Waals surface area contributed by atoms with Crippen LogP contribution in [-0.2, 0) is 0 Å². The summed E-state index contributed by atoms with van der Waals surface area (Å²) < 4.78 is 9.24. The van der Waals surface area contributed by atoms with Gasteiger partial charge in [-0.15, -0.1) is 5.10 Å². The molecule has 3 rings (SSSR count). The van der Waals surface area contributed by atoms with Gasteiger partial charge in [0.15, 0.2) is 0 Å². The number of carbonyl (C=O) groups excluding carboxylic acids is 1. The minimum Gasteiger partial charge on any atom is -0.497 e. The lowest BCUT2D eigenvalue weighted by molar-refractivity contribution is 0.0767. The highest BCUT2D eigenvalue weighted by atomic mass is 32.1. The molecule has 5 nitrogen and oxygen atoms in total. The second-order valence-electron chi connectivity index (χ2n) is 5.39. The van der Waals surface area contributed by atoms with Crippen molar-refractivity contribution >= 4 is 17.4 Å². The highest BCUT2D eigenvalue weighted by Gasteiger charge is 2.24. The van der Waals surface area contributed by atoms with Gasteiger partial charge in [0, 0.05) is 18.7 Å². The van der Waals surface area contributed by atoms with Crippen LogP contribution in [0.3, 0.4) is 0 Å². The minimum atomic E-state index is 0.0507. The van der Waals surface area contributed by atoms with Crippen LogP contribution in [0.25, 0.3) is 11.3 Å². The quantitative estimate of drug-likeness (QED) is 0.872. The van der Waals surface area contributed by atoms with Crippen molar-refractivity contribution in [2.24, 2.45) is 0 Å². The van der Waals surface area contributed by atoms with E-state index in [1.807, 2.05) is 29.2 Å². The molecule has 0 bridgehead atoms. The molecule has 0 aliphatic carbocycles. The standard InChI is InChI=1S/C16H19N3O2S/c1-21-13-8-6-7-12(11-13)14-15(22-18-17-14)16(20)19-9-4-2-3-5-10-19/h6-8,11H,2-5,9-10H2,1H3. The Bertz CT molecular complexity index is 648. The Morgan fingerprint density at radius 1 is 1.23 bits per heavy atom. The van der Waals surface area contributed by atoms with E-state index in [9.17, 15) is 4.79 Å². The number of carbonyl (C=O) groups is 1. The molecule has 0 radical (unpaired) electrons. The van der Waals surface area contributed by atoms with Gasteiger partial charge in [-0.25, -0.2) is 0 Å². The summed E-state index contributed by atoms with van der Waals surface area (Å²) in [6.07, 6.45) is 4.56. The van der Waals surface area contributed by atoms with Crippen LogP contribution in [0.2, 0.25) is 0 Å². The second-order valence-corrected chi connectivity index (χ2v) is 6.14. The van der Waals surface area contributed by atoms with Crippen LogP contribution in [0.4, 0.5) is 0 Å². The number of methoxy groups -OCH3 is 1. The predicted octanol–water partition coefficient (Wildman–Crippen LogP) is 3.23. The number of amides is 1. The van der Waals surface area contributed by atoms with Gasteiger partial charge >= 0.3 is 0 Å². The van der Waals surface area contributed by atoms with Crippen LogP contribution in [-0.4, -0.2) is 40.6 Å². The molecule has 1 amide bonds. The van der Waals surface area contributed by atoms with Crippen molar-refractivity contribution in [2.45, 2.75) is 25.7 Å². The third kappa shape index (κ3) is 3.11. The van der Waals surface area contributed by atoms with Gasteiger partial charge in [-0.3, -0.25) is 4.79 Å². The molecule has 1 aromatic heterocycles. The van der Waals surface area contributed by atoms with E-state index < -0.39 is 0 Å². The summed E-state index contributed by atoms with van der Waals surface area (Å²) in [5, 5.41) is 4.17. The van der Waals surface area contributed by atoms with Crippen LogP contribution < -0.4 is 4.74 Å². The summed E-state index contributed by atoms with van der Waals surface area (Å²) in [4.78, 5) is 15.3. The van der Waals surface area contributed by atoms with E-state index in [1.165, 1.54) is 24.4 Å². The summed E-state index contributed by atoms with van der Waals surface area (Å²) in [6, 6.07) is 7.59. The average molecular weight is 317 g/mol. The van der Waals surface area contributed by atoms with Gasteiger partial charge in [0.05, 0.1) is 7.11 Å². The van der Waals surface area contributed by atoms with Crippen molar-refractivity contribution < 1.29 is 9.53 Å². The van der Waals surface area contributed by atoms with Crippen molar-refractivity contribution in [3.8, 4) is 17.0 Å². The summed E-state index contributed by atoms with van der Waals surface area (Å²) in [5.41, 5.74) is 1.52. The Morgan fingerprint density at radius 3 is 2.73 bits per heavy atom. The molecule has 0 atom stereocenters. The Balaban J connectivity index is 1.89. The molecule has 116 valence electrons. The van der Waals surface area contributed by atoms with Crippen molar-refractivity contribution in [3.05, 3.63) is 29.1 Å². The van der Waals surface area contributed by atoms with Crippen LogP contribution in [0.15, 0.2) is 24.3 Å². The molecular formula is C16H19N3O2S. The maximum Gasteiger partial charge on any atom is 0.267 e. The fraction of sp³-hybridized carbons (Fsp3) is 0.438. The number of benzene rings is 1. The maximum atomic E-state index is 12.8.